The number of hydrogen-bond donors (Lipinski definition) is 0. The molecule has 5 heteroatoms. The highest BCUT2D eigenvalue weighted by Gasteiger charge is 2.02. The lowest BCUT2D eigenvalue weighted by Crippen LogP contribution is -1.80. The van der Waals surface area contributed by atoms with Crippen LogP contribution in [0.2, 0.25) is 0 Å². The highest BCUT2D eigenvalue weighted by atomic mass is 32.2. The Morgan fingerprint density at radius 1 is 1.36 bits per heavy atom. The summed E-state index contributed by atoms with van der Waals surface area (Å²) in [5.74, 6) is 0. The summed E-state index contributed by atoms with van der Waals surface area (Å²) in [7, 11) is 0. The molecule has 0 aliphatic heterocycles. The molecule has 0 radical (unpaired) electrons. The van der Waals surface area contributed by atoms with Crippen LogP contribution in [0.3, 0.4) is 0 Å². The van der Waals surface area contributed by atoms with Crippen molar-refractivity contribution >= 4 is 22.4 Å². The summed E-state index contributed by atoms with van der Waals surface area (Å²) in [6, 6.07) is 7.10. The van der Waals surface area contributed by atoms with Crippen LogP contribution >= 0.6 is 11.3 Å². The highest BCUT2D eigenvalue weighted by molar-refractivity contribution is 7.81. The van der Waals surface area contributed by atoms with Crippen molar-refractivity contribution in [3.8, 4) is 10.4 Å². The summed E-state index contributed by atoms with van der Waals surface area (Å²) in [5, 5.41) is 0. The van der Waals surface area contributed by atoms with Crippen molar-refractivity contribution in [1.29, 1.82) is 0 Å². The van der Waals surface area contributed by atoms with Crippen LogP contribution in [0, 0.1) is 0 Å². The Labute approximate surface area is 87.7 Å². The van der Waals surface area contributed by atoms with E-state index in [1.165, 1.54) is 11.3 Å². The highest BCUT2D eigenvalue weighted by Crippen LogP contribution is 2.28. The van der Waals surface area contributed by atoms with Gasteiger partial charge in [0.25, 0.3) is 0 Å². The molecule has 2 rings (SSSR count). The summed E-state index contributed by atoms with van der Waals surface area (Å²) >= 11 is -0.892. The molecule has 0 N–H and O–H groups in total. The lowest BCUT2D eigenvalue weighted by atomic mass is 10.2. The van der Waals surface area contributed by atoms with Crippen LogP contribution in [0.5, 0.6) is 0 Å². The standard InChI is InChI=1S/C9H7NO2S2/c11-14(12)9-4-3-8(13-9)7-2-1-5-10-6-7/h1-6H,(H,11,12)/p-1. The van der Waals surface area contributed by atoms with Gasteiger partial charge >= 0.3 is 0 Å². The zero-order valence-electron chi connectivity index (χ0n) is 7.04. The lowest BCUT2D eigenvalue weighted by molar-refractivity contribution is 0.539. The third-order valence-electron chi connectivity index (χ3n) is 1.69. The van der Waals surface area contributed by atoms with Crippen molar-refractivity contribution in [2.45, 2.75) is 4.21 Å². The second-order valence-corrected chi connectivity index (χ2v) is 4.85. The van der Waals surface area contributed by atoms with E-state index in [9.17, 15) is 8.76 Å². The first-order chi connectivity index (χ1) is 6.77. The topological polar surface area (TPSA) is 53.0 Å². The fourth-order valence-electron chi connectivity index (χ4n) is 1.07. The van der Waals surface area contributed by atoms with Gasteiger partial charge in [-0.2, -0.15) is 0 Å². The molecule has 72 valence electrons. The van der Waals surface area contributed by atoms with Crippen LogP contribution < -0.4 is 0 Å². The van der Waals surface area contributed by atoms with Crippen LogP contribution in [0.1, 0.15) is 0 Å². The minimum atomic E-state index is -2.13. The SMILES string of the molecule is O=S([O-])c1ccc(-c2cccnc2)s1. The Morgan fingerprint density at radius 3 is 2.79 bits per heavy atom. The monoisotopic (exact) mass is 224 g/mol. The summed E-state index contributed by atoms with van der Waals surface area (Å²) in [6.07, 6.45) is 3.40. The van der Waals surface area contributed by atoms with Gasteiger partial charge in [-0.15, -0.1) is 11.3 Å². The maximum Gasteiger partial charge on any atom is 0.0778 e. The lowest BCUT2D eigenvalue weighted by Gasteiger charge is -1.98. The first-order valence-corrected chi connectivity index (χ1v) is 5.76. The van der Waals surface area contributed by atoms with Gasteiger partial charge in [0.15, 0.2) is 0 Å². The third kappa shape index (κ3) is 1.89. The van der Waals surface area contributed by atoms with Crippen LogP contribution in [0.25, 0.3) is 10.4 Å². The smallest absolute Gasteiger partial charge is 0.0778 e. The van der Waals surface area contributed by atoms with E-state index in [0.29, 0.717) is 4.21 Å². The van der Waals surface area contributed by atoms with Crippen molar-refractivity contribution in [1.82, 2.24) is 4.98 Å². The van der Waals surface area contributed by atoms with Crippen LogP contribution in [-0.4, -0.2) is 13.7 Å². The van der Waals surface area contributed by atoms with E-state index in [-0.39, 0.29) is 0 Å². The van der Waals surface area contributed by atoms with E-state index in [0.717, 1.165) is 10.4 Å². The molecular formula is C9H6NO2S2-. The average molecular weight is 224 g/mol. The molecule has 0 saturated heterocycles. The number of nitrogens with zero attached hydrogens (tertiary/aromatic N) is 1. The molecule has 0 spiro atoms. The molecule has 0 fully saturated rings. The summed E-state index contributed by atoms with van der Waals surface area (Å²) < 4.78 is 21.6. The van der Waals surface area contributed by atoms with Gasteiger partial charge in [0.1, 0.15) is 0 Å². The zero-order valence-corrected chi connectivity index (χ0v) is 8.68. The van der Waals surface area contributed by atoms with E-state index < -0.39 is 11.1 Å². The molecule has 3 nitrogen and oxygen atoms in total. The van der Waals surface area contributed by atoms with E-state index in [4.69, 9.17) is 0 Å². The van der Waals surface area contributed by atoms with Gasteiger partial charge in [-0.05, 0) is 29.3 Å². The quantitative estimate of drug-likeness (QED) is 0.733. The Morgan fingerprint density at radius 2 is 2.21 bits per heavy atom. The first kappa shape index (κ1) is 9.51. The van der Waals surface area contributed by atoms with E-state index >= 15 is 0 Å². The number of rotatable bonds is 2. The van der Waals surface area contributed by atoms with Crippen molar-refractivity contribution < 1.29 is 8.76 Å². The van der Waals surface area contributed by atoms with Gasteiger partial charge in [0.05, 0.1) is 4.21 Å². The van der Waals surface area contributed by atoms with Crippen molar-refractivity contribution in [2.24, 2.45) is 0 Å². The van der Waals surface area contributed by atoms with E-state index in [1.807, 2.05) is 12.1 Å². The predicted octanol–water partition coefficient (Wildman–Crippen LogP) is 2.05. The largest absolute Gasteiger partial charge is 0.768 e. The molecule has 1 atom stereocenters. The number of aromatic nitrogens is 1. The fourth-order valence-corrected chi connectivity index (χ4v) is 2.52. The Balaban J connectivity index is 2.39. The molecule has 0 aromatic carbocycles. The second-order valence-electron chi connectivity index (χ2n) is 2.60. The van der Waals surface area contributed by atoms with Crippen LogP contribution in [0.4, 0.5) is 0 Å². The van der Waals surface area contributed by atoms with Gasteiger partial charge in [0, 0.05) is 22.8 Å². The van der Waals surface area contributed by atoms with Gasteiger partial charge in [-0.1, -0.05) is 6.07 Å². The summed E-state index contributed by atoms with van der Waals surface area (Å²) in [6.45, 7) is 0. The Bertz CT molecular complexity index is 453. The number of hydrogen-bond acceptors (Lipinski definition) is 4. The van der Waals surface area contributed by atoms with E-state index in [2.05, 4.69) is 4.98 Å². The molecule has 0 aliphatic carbocycles. The summed E-state index contributed by atoms with van der Waals surface area (Å²) in [5.41, 5.74) is 0.939. The minimum absolute atomic E-state index is 0.351. The van der Waals surface area contributed by atoms with Crippen molar-refractivity contribution in [3.05, 3.63) is 36.7 Å². The third-order valence-corrected chi connectivity index (χ3v) is 3.74. The van der Waals surface area contributed by atoms with Crippen molar-refractivity contribution in [2.75, 3.05) is 0 Å². The van der Waals surface area contributed by atoms with Crippen molar-refractivity contribution in [3.63, 3.8) is 0 Å². The van der Waals surface area contributed by atoms with Gasteiger partial charge in [0.2, 0.25) is 0 Å². The van der Waals surface area contributed by atoms with Crippen LogP contribution in [0.15, 0.2) is 40.9 Å². The number of thiophene rings is 1. The zero-order chi connectivity index (χ0) is 9.97. The molecule has 2 aromatic rings. The maximum atomic E-state index is 10.6. The molecule has 0 amide bonds. The fraction of sp³-hybridized carbons (Fsp3) is 0. The Kier molecular flexibility index (Phi) is 2.72. The molecule has 1 unspecified atom stereocenters. The van der Waals surface area contributed by atoms with Gasteiger partial charge in [-0.25, -0.2) is 0 Å². The predicted molar refractivity (Wildman–Crippen MR) is 54.7 cm³/mol. The molecule has 2 aromatic heterocycles. The second kappa shape index (κ2) is 4.00. The molecule has 0 aliphatic rings. The van der Waals surface area contributed by atoms with Crippen LogP contribution in [-0.2, 0) is 11.1 Å². The molecule has 14 heavy (non-hydrogen) atoms. The molecule has 2 heterocycles. The average Bonchev–Trinajstić information content (AvgIpc) is 2.68. The van der Waals surface area contributed by atoms with Gasteiger partial charge in [-0.3, -0.25) is 9.19 Å². The maximum absolute atomic E-state index is 10.6. The van der Waals surface area contributed by atoms with E-state index in [1.54, 1.807) is 24.5 Å². The van der Waals surface area contributed by atoms with Gasteiger partial charge < -0.3 is 4.55 Å². The molecule has 0 saturated carbocycles. The summed E-state index contributed by atoms with van der Waals surface area (Å²) in [4.78, 5) is 4.88. The molecular weight excluding hydrogens is 218 g/mol. The normalized spacial score (nSPS) is 12.6. The number of pyridine rings is 1. The first-order valence-electron chi connectivity index (χ1n) is 3.87. The minimum Gasteiger partial charge on any atom is -0.768 e. The Hall–Kier alpha value is -1.04. The molecule has 0 bridgehead atoms.